The maximum atomic E-state index is 13.2. The normalized spacial score (nSPS) is 15.8. The van der Waals surface area contributed by atoms with Crippen molar-refractivity contribution in [3.8, 4) is 23.3 Å². The van der Waals surface area contributed by atoms with Gasteiger partial charge in [0.05, 0.1) is 36.8 Å². The van der Waals surface area contributed by atoms with Gasteiger partial charge in [0.2, 0.25) is 0 Å². The van der Waals surface area contributed by atoms with Crippen molar-refractivity contribution in [1.82, 2.24) is 14.8 Å². The summed E-state index contributed by atoms with van der Waals surface area (Å²) in [5.74, 6) is 5.81. The zero-order valence-corrected chi connectivity index (χ0v) is 16.3. The quantitative estimate of drug-likeness (QED) is 0.592. The van der Waals surface area contributed by atoms with E-state index < -0.39 is 11.7 Å². The molecule has 1 aliphatic heterocycles. The summed E-state index contributed by atoms with van der Waals surface area (Å²) >= 11 is 0. The number of rotatable bonds is 2. The van der Waals surface area contributed by atoms with Crippen LogP contribution in [-0.4, -0.2) is 28.0 Å². The summed E-state index contributed by atoms with van der Waals surface area (Å²) in [6, 6.07) is 7.36. The van der Waals surface area contributed by atoms with Crippen LogP contribution in [0.2, 0.25) is 0 Å². The van der Waals surface area contributed by atoms with Crippen LogP contribution in [0.1, 0.15) is 35.0 Å². The highest BCUT2D eigenvalue weighted by Gasteiger charge is 2.34. The van der Waals surface area contributed by atoms with Crippen molar-refractivity contribution in [1.29, 1.82) is 0 Å². The standard InChI is InChI=1S/C22H18F3N3O2/c1-14-10-20-17(13-30-14)19(8-5-15-4-3-9-26-12-15)27-28(20)16-6-7-18(22(23,24)25)21(11-16)29-2/h3-4,6-7,9,11-12,14H,10,13H2,1-2H3/t14-/m0/s1. The zero-order chi connectivity index (χ0) is 21.3. The number of halogens is 3. The van der Waals surface area contributed by atoms with Crippen molar-refractivity contribution in [3.63, 3.8) is 0 Å². The van der Waals surface area contributed by atoms with Crippen molar-refractivity contribution in [2.45, 2.75) is 32.2 Å². The summed E-state index contributed by atoms with van der Waals surface area (Å²) in [5.41, 5.74) is 2.61. The SMILES string of the molecule is COc1cc(-n2nc(C#Cc3cccnc3)c3c2C[C@H](C)OC3)ccc1C(F)(F)F. The van der Waals surface area contributed by atoms with E-state index >= 15 is 0 Å². The third-order valence-electron chi connectivity index (χ3n) is 4.80. The van der Waals surface area contributed by atoms with Gasteiger partial charge in [-0.05, 0) is 37.1 Å². The molecule has 0 amide bonds. The van der Waals surface area contributed by atoms with Crippen LogP contribution in [0.3, 0.4) is 0 Å². The molecule has 5 nitrogen and oxygen atoms in total. The van der Waals surface area contributed by atoms with E-state index in [1.807, 2.05) is 13.0 Å². The molecule has 0 N–H and O–H groups in total. The molecule has 0 saturated carbocycles. The molecule has 154 valence electrons. The van der Waals surface area contributed by atoms with Crippen LogP contribution < -0.4 is 4.74 Å². The number of benzene rings is 1. The summed E-state index contributed by atoms with van der Waals surface area (Å²) < 4.78 is 52.0. The molecule has 3 heterocycles. The van der Waals surface area contributed by atoms with Crippen molar-refractivity contribution in [3.05, 3.63) is 70.8 Å². The lowest BCUT2D eigenvalue weighted by Crippen LogP contribution is -2.21. The van der Waals surface area contributed by atoms with Crippen LogP contribution in [0.5, 0.6) is 5.75 Å². The molecule has 1 aliphatic rings. The van der Waals surface area contributed by atoms with Crippen LogP contribution in [-0.2, 0) is 23.9 Å². The molecule has 30 heavy (non-hydrogen) atoms. The molecule has 0 saturated heterocycles. The minimum atomic E-state index is -4.50. The predicted molar refractivity (Wildman–Crippen MR) is 103 cm³/mol. The van der Waals surface area contributed by atoms with Crippen molar-refractivity contribution < 1.29 is 22.6 Å². The van der Waals surface area contributed by atoms with Crippen molar-refractivity contribution in [2.24, 2.45) is 0 Å². The van der Waals surface area contributed by atoms with E-state index in [2.05, 4.69) is 21.9 Å². The molecule has 0 fully saturated rings. The number of alkyl halides is 3. The molecular formula is C22H18F3N3O2. The van der Waals surface area contributed by atoms with Crippen molar-refractivity contribution >= 4 is 0 Å². The van der Waals surface area contributed by atoms with Gasteiger partial charge in [-0.25, -0.2) is 4.68 Å². The second-order valence-corrected chi connectivity index (χ2v) is 6.89. The van der Waals surface area contributed by atoms with E-state index in [0.29, 0.717) is 24.4 Å². The Bertz CT molecular complexity index is 1130. The number of pyridine rings is 1. The second kappa shape index (κ2) is 7.84. The van der Waals surface area contributed by atoms with E-state index in [1.165, 1.54) is 19.2 Å². The van der Waals surface area contributed by atoms with Gasteiger partial charge in [0.15, 0.2) is 0 Å². The minimum absolute atomic E-state index is 0.0385. The lowest BCUT2D eigenvalue weighted by Gasteiger charge is -2.21. The van der Waals surface area contributed by atoms with Crippen LogP contribution >= 0.6 is 0 Å². The largest absolute Gasteiger partial charge is 0.496 e. The van der Waals surface area contributed by atoms with Gasteiger partial charge in [0.1, 0.15) is 11.4 Å². The van der Waals surface area contributed by atoms with Crippen molar-refractivity contribution in [2.75, 3.05) is 7.11 Å². The van der Waals surface area contributed by atoms with Crippen LogP contribution in [0, 0.1) is 11.8 Å². The lowest BCUT2D eigenvalue weighted by atomic mass is 10.0. The van der Waals surface area contributed by atoms with Gasteiger partial charge >= 0.3 is 6.18 Å². The molecule has 4 rings (SSSR count). The predicted octanol–water partition coefficient (Wildman–Crippen LogP) is 4.16. The Hall–Kier alpha value is -3.31. The van der Waals surface area contributed by atoms with Crippen LogP contribution in [0.25, 0.3) is 5.69 Å². The van der Waals surface area contributed by atoms with Gasteiger partial charge in [0.25, 0.3) is 0 Å². The average molecular weight is 413 g/mol. The van der Waals surface area contributed by atoms with Crippen LogP contribution in [0.4, 0.5) is 13.2 Å². The van der Waals surface area contributed by atoms with Crippen LogP contribution in [0.15, 0.2) is 42.7 Å². The minimum Gasteiger partial charge on any atom is -0.496 e. The van der Waals surface area contributed by atoms with Gasteiger partial charge in [-0.3, -0.25) is 4.98 Å². The maximum Gasteiger partial charge on any atom is 0.419 e. The van der Waals surface area contributed by atoms with Gasteiger partial charge < -0.3 is 9.47 Å². The monoisotopic (exact) mass is 413 g/mol. The average Bonchev–Trinajstić information content (AvgIpc) is 3.09. The molecule has 0 spiro atoms. The van der Waals surface area contributed by atoms with E-state index in [9.17, 15) is 13.2 Å². The maximum absolute atomic E-state index is 13.2. The molecule has 1 atom stereocenters. The number of methoxy groups -OCH3 is 1. The first-order chi connectivity index (χ1) is 14.4. The summed E-state index contributed by atoms with van der Waals surface area (Å²) in [6.07, 6.45) is -0.662. The van der Waals surface area contributed by atoms with Gasteiger partial charge in [0, 0.05) is 36.0 Å². The molecule has 2 aromatic heterocycles. The van der Waals surface area contributed by atoms with Gasteiger partial charge in [-0.2, -0.15) is 18.3 Å². The molecule has 0 bridgehead atoms. The molecule has 8 heteroatoms. The first-order valence-corrected chi connectivity index (χ1v) is 9.27. The number of aromatic nitrogens is 3. The summed E-state index contributed by atoms with van der Waals surface area (Å²) in [4.78, 5) is 4.04. The van der Waals surface area contributed by atoms with Gasteiger partial charge in [-0.1, -0.05) is 5.92 Å². The summed E-state index contributed by atoms with van der Waals surface area (Å²) in [7, 11) is 1.22. The molecule has 0 unspecified atom stereocenters. The molecule has 0 radical (unpaired) electrons. The second-order valence-electron chi connectivity index (χ2n) is 6.89. The highest BCUT2D eigenvalue weighted by molar-refractivity contribution is 5.50. The van der Waals surface area contributed by atoms with E-state index in [1.54, 1.807) is 23.1 Å². The fourth-order valence-electron chi connectivity index (χ4n) is 3.33. The Morgan fingerprint density at radius 3 is 2.77 bits per heavy atom. The number of hydrogen-bond acceptors (Lipinski definition) is 4. The Labute approximate surface area is 171 Å². The third-order valence-corrected chi connectivity index (χ3v) is 4.80. The number of hydrogen-bond donors (Lipinski definition) is 0. The number of fused-ring (bicyclic) bond motifs is 1. The Kier molecular flexibility index (Phi) is 5.22. The molecular weight excluding hydrogens is 395 g/mol. The first-order valence-electron chi connectivity index (χ1n) is 9.27. The number of nitrogens with zero attached hydrogens (tertiary/aromatic N) is 3. The first kappa shape index (κ1) is 20.0. The third kappa shape index (κ3) is 3.89. The summed E-state index contributed by atoms with van der Waals surface area (Å²) in [6.45, 7) is 2.28. The zero-order valence-electron chi connectivity index (χ0n) is 16.3. The lowest BCUT2D eigenvalue weighted by molar-refractivity contribution is -0.138. The summed E-state index contributed by atoms with van der Waals surface area (Å²) in [5, 5.41) is 4.58. The van der Waals surface area contributed by atoms with E-state index in [4.69, 9.17) is 9.47 Å². The van der Waals surface area contributed by atoms with E-state index in [0.717, 1.165) is 22.9 Å². The number of ether oxygens (including phenoxy) is 2. The Balaban J connectivity index is 1.81. The Morgan fingerprint density at radius 2 is 2.07 bits per heavy atom. The smallest absolute Gasteiger partial charge is 0.419 e. The molecule has 0 aliphatic carbocycles. The fourth-order valence-corrected chi connectivity index (χ4v) is 3.33. The van der Waals surface area contributed by atoms with Gasteiger partial charge in [-0.15, -0.1) is 0 Å². The highest BCUT2D eigenvalue weighted by atomic mass is 19.4. The molecule has 1 aromatic carbocycles. The molecule has 3 aromatic rings. The topological polar surface area (TPSA) is 49.2 Å². The Morgan fingerprint density at radius 1 is 1.23 bits per heavy atom. The highest BCUT2D eigenvalue weighted by Crippen LogP contribution is 2.37. The van der Waals surface area contributed by atoms with E-state index in [-0.39, 0.29) is 11.9 Å². The fraction of sp³-hybridized carbons (Fsp3) is 0.273.